The Morgan fingerprint density at radius 2 is 2.12 bits per heavy atom. The first-order chi connectivity index (χ1) is 11.6. The number of nitrogens with one attached hydrogen (secondary N) is 2. The van der Waals surface area contributed by atoms with Gasteiger partial charge in [-0.15, -0.1) is 24.0 Å². The third kappa shape index (κ3) is 6.99. The molecule has 0 bridgehead atoms. The van der Waals surface area contributed by atoms with Crippen molar-refractivity contribution >= 4 is 41.3 Å². The number of thiophene rings is 1. The summed E-state index contributed by atoms with van der Waals surface area (Å²) in [4.78, 5) is 6.87. The monoisotopic (exact) mass is 476 g/mol. The quantitative estimate of drug-likeness (QED) is 0.345. The number of furan rings is 1. The normalized spacial score (nSPS) is 14.0. The van der Waals surface area contributed by atoms with Crippen molar-refractivity contribution < 1.29 is 4.42 Å². The van der Waals surface area contributed by atoms with Gasteiger partial charge in [-0.25, -0.2) is 0 Å². The van der Waals surface area contributed by atoms with Gasteiger partial charge in [0, 0.05) is 25.6 Å². The Kier molecular flexibility index (Phi) is 10.1. The Hall–Kier alpha value is -1.06. The third-order valence-corrected chi connectivity index (χ3v) is 4.64. The van der Waals surface area contributed by atoms with Crippen molar-refractivity contribution in [1.29, 1.82) is 0 Å². The highest BCUT2D eigenvalue weighted by molar-refractivity contribution is 14.0. The Labute approximate surface area is 171 Å². The molecule has 2 heterocycles. The van der Waals surface area contributed by atoms with Crippen LogP contribution in [0, 0.1) is 0 Å². The molecule has 0 spiro atoms. The largest absolute Gasteiger partial charge is 0.468 e. The summed E-state index contributed by atoms with van der Waals surface area (Å²) in [6.45, 7) is 6.63. The van der Waals surface area contributed by atoms with E-state index in [0.29, 0.717) is 5.92 Å². The van der Waals surface area contributed by atoms with Crippen molar-refractivity contribution in [3.8, 4) is 0 Å². The van der Waals surface area contributed by atoms with Crippen LogP contribution in [0.3, 0.4) is 0 Å². The molecule has 0 aromatic carbocycles. The molecule has 0 radical (unpaired) electrons. The molecule has 0 saturated heterocycles. The van der Waals surface area contributed by atoms with Gasteiger partial charge in [-0.2, -0.15) is 11.3 Å². The van der Waals surface area contributed by atoms with Crippen molar-refractivity contribution in [3.05, 3.63) is 46.5 Å². The number of nitrogens with zero attached hydrogens (tertiary/aromatic N) is 2. The zero-order valence-electron chi connectivity index (χ0n) is 15.4. The van der Waals surface area contributed by atoms with E-state index in [9.17, 15) is 0 Å². The Bertz CT molecular complexity index is 599. The third-order valence-electron chi connectivity index (χ3n) is 3.94. The molecule has 0 saturated carbocycles. The van der Waals surface area contributed by atoms with Gasteiger partial charge >= 0.3 is 0 Å². The standard InChI is InChI=1S/C18H28N4OS.HI/c1-5-19-18(20-11-14(2)15-8-10-24-13-15)21-12-16(22(3)4)17-7-6-9-23-17;/h6-10,13-14,16H,5,11-12H2,1-4H3,(H2,19,20,21);1H. The summed E-state index contributed by atoms with van der Waals surface area (Å²) in [5.41, 5.74) is 1.35. The average Bonchev–Trinajstić information content (AvgIpc) is 3.25. The van der Waals surface area contributed by atoms with Gasteiger partial charge in [0.1, 0.15) is 5.76 Å². The summed E-state index contributed by atoms with van der Waals surface area (Å²) in [5.74, 6) is 2.22. The molecule has 2 aromatic heterocycles. The average molecular weight is 476 g/mol. The van der Waals surface area contributed by atoms with Crippen LogP contribution in [-0.4, -0.2) is 44.6 Å². The summed E-state index contributed by atoms with van der Waals surface area (Å²) in [5, 5.41) is 11.1. The van der Waals surface area contributed by atoms with Crippen LogP contribution in [0.2, 0.25) is 0 Å². The van der Waals surface area contributed by atoms with Gasteiger partial charge in [-0.3, -0.25) is 9.89 Å². The van der Waals surface area contributed by atoms with Crippen molar-refractivity contribution in [2.24, 2.45) is 4.99 Å². The first-order valence-corrected chi connectivity index (χ1v) is 9.30. The molecule has 0 aliphatic heterocycles. The zero-order valence-corrected chi connectivity index (χ0v) is 18.5. The van der Waals surface area contributed by atoms with E-state index in [1.165, 1.54) is 5.56 Å². The van der Waals surface area contributed by atoms with Crippen LogP contribution >= 0.6 is 35.3 Å². The Morgan fingerprint density at radius 1 is 1.32 bits per heavy atom. The second kappa shape index (κ2) is 11.5. The summed E-state index contributed by atoms with van der Waals surface area (Å²) in [7, 11) is 4.11. The molecule has 7 heteroatoms. The van der Waals surface area contributed by atoms with Gasteiger partial charge in [0.25, 0.3) is 0 Å². The number of hydrogen-bond donors (Lipinski definition) is 2. The number of aliphatic imine (C=N–C) groups is 1. The van der Waals surface area contributed by atoms with Crippen molar-refractivity contribution in [1.82, 2.24) is 15.5 Å². The minimum absolute atomic E-state index is 0. The molecular weight excluding hydrogens is 447 g/mol. The fourth-order valence-corrected chi connectivity index (χ4v) is 3.22. The minimum atomic E-state index is 0. The molecule has 140 valence electrons. The molecule has 25 heavy (non-hydrogen) atoms. The summed E-state index contributed by atoms with van der Waals surface area (Å²) < 4.78 is 5.56. The van der Waals surface area contributed by atoms with Crippen molar-refractivity contribution in [2.45, 2.75) is 25.8 Å². The van der Waals surface area contributed by atoms with Gasteiger partial charge in [0.15, 0.2) is 5.96 Å². The minimum Gasteiger partial charge on any atom is -0.468 e. The number of guanidine groups is 1. The highest BCUT2D eigenvalue weighted by Gasteiger charge is 2.17. The first-order valence-electron chi connectivity index (χ1n) is 8.36. The van der Waals surface area contributed by atoms with Gasteiger partial charge in [0.2, 0.25) is 0 Å². The Balaban J connectivity index is 0.00000312. The van der Waals surface area contributed by atoms with E-state index in [4.69, 9.17) is 9.41 Å². The molecule has 2 rings (SSSR count). The van der Waals surface area contributed by atoms with Crippen LogP contribution in [-0.2, 0) is 0 Å². The molecule has 2 unspecified atom stereocenters. The lowest BCUT2D eigenvalue weighted by molar-refractivity contribution is 0.258. The van der Waals surface area contributed by atoms with Crippen LogP contribution in [0.4, 0.5) is 0 Å². The highest BCUT2D eigenvalue weighted by Crippen LogP contribution is 2.19. The SMILES string of the molecule is CCNC(=NCC(C)c1ccsc1)NCC(c1ccco1)N(C)C.I. The maximum absolute atomic E-state index is 5.56. The van der Waals surface area contributed by atoms with Crippen LogP contribution in [0.5, 0.6) is 0 Å². The molecule has 0 fully saturated rings. The molecule has 5 nitrogen and oxygen atoms in total. The van der Waals surface area contributed by atoms with E-state index in [0.717, 1.165) is 31.4 Å². The zero-order chi connectivity index (χ0) is 17.4. The molecule has 0 aliphatic carbocycles. The van der Waals surface area contributed by atoms with Crippen LogP contribution in [0.25, 0.3) is 0 Å². The van der Waals surface area contributed by atoms with Gasteiger partial charge in [-0.05, 0) is 55.5 Å². The predicted molar refractivity (Wildman–Crippen MR) is 117 cm³/mol. The summed E-state index contributed by atoms with van der Waals surface area (Å²) >= 11 is 1.73. The highest BCUT2D eigenvalue weighted by atomic mass is 127. The predicted octanol–water partition coefficient (Wildman–Crippen LogP) is 3.92. The fraction of sp³-hybridized carbons (Fsp3) is 0.500. The van der Waals surface area contributed by atoms with Crippen molar-refractivity contribution in [2.75, 3.05) is 33.7 Å². The fourth-order valence-electron chi connectivity index (χ4n) is 2.44. The lowest BCUT2D eigenvalue weighted by atomic mass is 10.1. The smallest absolute Gasteiger partial charge is 0.191 e. The Morgan fingerprint density at radius 3 is 2.68 bits per heavy atom. The molecule has 2 N–H and O–H groups in total. The summed E-state index contributed by atoms with van der Waals surface area (Å²) in [6, 6.07) is 6.27. The maximum Gasteiger partial charge on any atom is 0.191 e. The second-order valence-electron chi connectivity index (χ2n) is 6.05. The number of hydrogen-bond acceptors (Lipinski definition) is 4. The van der Waals surface area contributed by atoms with E-state index >= 15 is 0 Å². The van der Waals surface area contributed by atoms with Crippen molar-refractivity contribution in [3.63, 3.8) is 0 Å². The lowest BCUT2D eigenvalue weighted by Gasteiger charge is -2.24. The number of halogens is 1. The van der Waals surface area contributed by atoms with E-state index in [1.807, 2.05) is 12.1 Å². The lowest BCUT2D eigenvalue weighted by Crippen LogP contribution is -2.41. The molecular formula is C18H29IN4OS. The molecule has 2 aromatic rings. The number of rotatable bonds is 8. The molecule has 0 aliphatic rings. The molecule has 0 amide bonds. The van der Waals surface area contributed by atoms with E-state index in [1.54, 1.807) is 17.6 Å². The van der Waals surface area contributed by atoms with Crippen LogP contribution in [0.15, 0.2) is 44.6 Å². The van der Waals surface area contributed by atoms with Crippen LogP contribution < -0.4 is 10.6 Å². The van der Waals surface area contributed by atoms with Gasteiger partial charge in [0.05, 0.1) is 12.3 Å². The van der Waals surface area contributed by atoms with Gasteiger partial charge in [-0.1, -0.05) is 6.92 Å². The second-order valence-corrected chi connectivity index (χ2v) is 6.83. The topological polar surface area (TPSA) is 52.8 Å². The van der Waals surface area contributed by atoms with E-state index in [2.05, 4.69) is 60.3 Å². The van der Waals surface area contributed by atoms with Crippen LogP contribution in [0.1, 0.15) is 37.1 Å². The van der Waals surface area contributed by atoms with Gasteiger partial charge < -0.3 is 15.1 Å². The maximum atomic E-state index is 5.56. The number of likely N-dealkylation sites (N-methyl/N-ethyl adjacent to an activating group) is 1. The molecule has 2 atom stereocenters. The first kappa shape index (κ1) is 22.0. The summed E-state index contributed by atoms with van der Waals surface area (Å²) in [6.07, 6.45) is 1.72. The van der Waals surface area contributed by atoms with E-state index < -0.39 is 0 Å². The van der Waals surface area contributed by atoms with E-state index in [-0.39, 0.29) is 30.0 Å².